The molecular formula is C15H21NO2. The first-order valence-electron chi connectivity index (χ1n) is 6.69. The van der Waals surface area contributed by atoms with Gasteiger partial charge in [-0.1, -0.05) is 26.7 Å². The van der Waals surface area contributed by atoms with Gasteiger partial charge in [0.15, 0.2) is 0 Å². The van der Waals surface area contributed by atoms with E-state index in [0.29, 0.717) is 23.6 Å². The van der Waals surface area contributed by atoms with Gasteiger partial charge in [-0.15, -0.1) is 0 Å². The molecule has 3 unspecified atom stereocenters. The number of hydrogen-bond acceptors (Lipinski definition) is 2. The zero-order valence-electron chi connectivity index (χ0n) is 11.1. The van der Waals surface area contributed by atoms with E-state index in [1.807, 2.05) is 12.1 Å². The SMILES string of the molecule is CC1CCCC(NC(=O)/C=C/c2ccco2)C1C. The summed E-state index contributed by atoms with van der Waals surface area (Å²) in [6, 6.07) is 3.94. The summed E-state index contributed by atoms with van der Waals surface area (Å²) in [5.74, 6) is 1.92. The lowest BCUT2D eigenvalue weighted by Gasteiger charge is -2.34. The lowest BCUT2D eigenvalue weighted by molar-refractivity contribution is -0.117. The predicted molar refractivity (Wildman–Crippen MR) is 71.9 cm³/mol. The molecule has 0 aromatic carbocycles. The highest BCUT2D eigenvalue weighted by Crippen LogP contribution is 2.29. The van der Waals surface area contributed by atoms with Crippen LogP contribution in [0.5, 0.6) is 0 Å². The average molecular weight is 247 g/mol. The van der Waals surface area contributed by atoms with Crippen molar-refractivity contribution in [3.8, 4) is 0 Å². The molecule has 3 atom stereocenters. The minimum Gasteiger partial charge on any atom is -0.465 e. The van der Waals surface area contributed by atoms with E-state index in [0.717, 1.165) is 6.42 Å². The molecular weight excluding hydrogens is 226 g/mol. The Bertz CT molecular complexity index is 408. The number of amides is 1. The molecule has 3 heteroatoms. The number of nitrogens with one attached hydrogen (secondary N) is 1. The second-order valence-corrected chi connectivity index (χ2v) is 5.23. The molecule has 0 bridgehead atoms. The maximum atomic E-state index is 11.8. The fraction of sp³-hybridized carbons (Fsp3) is 0.533. The van der Waals surface area contributed by atoms with Gasteiger partial charge in [0, 0.05) is 12.1 Å². The van der Waals surface area contributed by atoms with Gasteiger partial charge in [0.1, 0.15) is 5.76 Å². The molecule has 1 aromatic heterocycles. The minimum absolute atomic E-state index is 0.0302. The van der Waals surface area contributed by atoms with E-state index in [1.165, 1.54) is 12.8 Å². The Balaban J connectivity index is 1.87. The molecule has 1 N–H and O–H groups in total. The maximum absolute atomic E-state index is 11.8. The first kappa shape index (κ1) is 12.9. The minimum atomic E-state index is -0.0302. The molecule has 0 spiro atoms. The third kappa shape index (κ3) is 3.25. The van der Waals surface area contributed by atoms with Crippen molar-refractivity contribution in [3.63, 3.8) is 0 Å². The van der Waals surface area contributed by atoms with E-state index in [4.69, 9.17) is 4.42 Å². The van der Waals surface area contributed by atoms with Crippen LogP contribution in [0.15, 0.2) is 28.9 Å². The number of rotatable bonds is 3. The summed E-state index contributed by atoms with van der Waals surface area (Å²) in [6.07, 6.45) is 8.42. The topological polar surface area (TPSA) is 42.2 Å². The van der Waals surface area contributed by atoms with E-state index >= 15 is 0 Å². The Hall–Kier alpha value is -1.51. The second kappa shape index (κ2) is 5.89. The molecule has 0 radical (unpaired) electrons. The van der Waals surface area contributed by atoms with Crippen molar-refractivity contribution in [2.75, 3.05) is 0 Å². The molecule has 18 heavy (non-hydrogen) atoms. The average Bonchev–Trinajstić information content (AvgIpc) is 2.86. The number of carbonyl (C=O) groups excluding carboxylic acids is 1. The van der Waals surface area contributed by atoms with Gasteiger partial charge in [-0.2, -0.15) is 0 Å². The summed E-state index contributed by atoms with van der Waals surface area (Å²) < 4.78 is 5.15. The zero-order chi connectivity index (χ0) is 13.0. The van der Waals surface area contributed by atoms with Crippen LogP contribution in [0, 0.1) is 11.8 Å². The monoisotopic (exact) mass is 247 g/mol. The predicted octanol–water partition coefficient (Wildman–Crippen LogP) is 3.23. The van der Waals surface area contributed by atoms with Crippen molar-refractivity contribution in [3.05, 3.63) is 30.2 Å². The number of carbonyl (C=O) groups is 1. The van der Waals surface area contributed by atoms with E-state index in [1.54, 1.807) is 18.4 Å². The molecule has 1 aliphatic carbocycles. The van der Waals surface area contributed by atoms with Crippen molar-refractivity contribution in [2.24, 2.45) is 11.8 Å². The van der Waals surface area contributed by atoms with Crippen LogP contribution in [-0.4, -0.2) is 11.9 Å². The first-order chi connectivity index (χ1) is 8.66. The van der Waals surface area contributed by atoms with Crippen LogP contribution in [0.1, 0.15) is 38.9 Å². The van der Waals surface area contributed by atoms with E-state index in [9.17, 15) is 4.79 Å². The molecule has 2 rings (SSSR count). The lowest BCUT2D eigenvalue weighted by Crippen LogP contribution is -2.43. The summed E-state index contributed by atoms with van der Waals surface area (Å²) in [4.78, 5) is 11.8. The smallest absolute Gasteiger partial charge is 0.244 e. The summed E-state index contributed by atoms with van der Waals surface area (Å²) >= 11 is 0. The fourth-order valence-electron chi connectivity index (χ4n) is 2.56. The molecule has 0 saturated heterocycles. The largest absolute Gasteiger partial charge is 0.465 e. The Kier molecular flexibility index (Phi) is 4.24. The summed E-state index contributed by atoms with van der Waals surface area (Å²) in [7, 11) is 0. The molecule has 1 heterocycles. The van der Waals surface area contributed by atoms with E-state index in [-0.39, 0.29) is 5.91 Å². The highest BCUT2D eigenvalue weighted by atomic mass is 16.3. The van der Waals surface area contributed by atoms with Crippen molar-refractivity contribution in [2.45, 2.75) is 39.2 Å². The molecule has 98 valence electrons. The van der Waals surface area contributed by atoms with Crippen molar-refractivity contribution in [1.29, 1.82) is 0 Å². The number of furan rings is 1. The Labute approximate surface area is 108 Å². The van der Waals surface area contributed by atoms with Gasteiger partial charge in [0.2, 0.25) is 5.91 Å². The van der Waals surface area contributed by atoms with Crippen LogP contribution in [0.3, 0.4) is 0 Å². The molecule has 3 nitrogen and oxygen atoms in total. The quantitative estimate of drug-likeness (QED) is 0.833. The van der Waals surface area contributed by atoms with Crippen LogP contribution >= 0.6 is 0 Å². The fourth-order valence-corrected chi connectivity index (χ4v) is 2.56. The summed E-state index contributed by atoms with van der Waals surface area (Å²) in [5, 5.41) is 3.09. The highest BCUT2D eigenvalue weighted by molar-refractivity contribution is 5.91. The molecule has 1 saturated carbocycles. The molecule has 1 amide bonds. The Morgan fingerprint density at radius 2 is 2.28 bits per heavy atom. The van der Waals surface area contributed by atoms with Crippen LogP contribution in [0.4, 0.5) is 0 Å². The Morgan fingerprint density at radius 1 is 1.44 bits per heavy atom. The van der Waals surface area contributed by atoms with Crippen LogP contribution in [-0.2, 0) is 4.79 Å². The zero-order valence-corrected chi connectivity index (χ0v) is 11.1. The van der Waals surface area contributed by atoms with Crippen LogP contribution in [0.2, 0.25) is 0 Å². The third-order valence-electron chi connectivity index (χ3n) is 3.98. The summed E-state index contributed by atoms with van der Waals surface area (Å²) in [5.41, 5.74) is 0. The van der Waals surface area contributed by atoms with Gasteiger partial charge in [-0.25, -0.2) is 0 Å². The third-order valence-corrected chi connectivity index (χ3v) is 3.98. The maximum Gasteiger partial charge on any atom is 0.244 e. The normalized spacial score (nSPS) is 28.4. The van der Waals surface area contributed by atoms with E-state index < -0.39 is 0 Å². The lowest BCUT2D eigenvalue weighted by atomic mass is 9.78. The van der Waals surface area contributed by atoms with Gasteiger partial charge in [0.25, 0.3) is 0 Å². The molecule has 1 aromatic rings. The van der Waals surface area contributed by atoms with Gasteiger partial charge in [-0.05, 0) is 36.5 Å². The van der Waals surface area contributed by atoms with Gasteiger partial charge >= 0.3 is 0 Å². The number of hydrogen-bond donors (Lipinski definition) is 1. The Morgan fingerprint density at radius 3 is 3.00 bits per heavy atom. The second-order valence-electron chi connectivity index (χ2n) is 5.23. The first-order valence-corrected chi connectivity index (χ1v) is 6.69. The highest BCUT2D eigenvalue weighted by Gasteiger charge is 2.27. The van der Waals surface area contributed by atoms with Gasteiger partial charge < -0.3 is 9.73 Å². The molecule has 1 fully saturated rings. The summed E-state index contributed by atoms with van der Waals surface area (Å²) in [6.45, 7) is 4.49. The van der Waals surface area contributed by atoms with Gasteiger partial charge in [0.05, 0.1) is 6.26 Å². The van der Waals surface area contributed by atoms with Crippen molar-refractivity contribution < 1.29 is 9.21 Å². The van der Waals surface area contributed by atoms with Crippen LogP contribution in [0.25, 0.3) is 6.08 Å². The standard InChI is InChI=1S/C15H21NO2/c1-11-5-3-7-14(12(11)2)16-15(17)9-8-13-6-4-10-18-13/h4,6,8-12,14H,3,5,7H2,1-2H3,(H,16,17)/b9-8+. The van der Waals surface area contributed by atoms with Crippen LogP contribution < -0.4 is 5.32 Å². The van der Waals surface area contributed by atoms with Gasteiger partial charge in [-0.3, -0.25) is 4.79 Å². The molecule has 1 aliphatic rings. The van der Waals surface area contributed by atoms with Crippen molar-refractivity contribution in [1.82, 2.24) is 5.32 Å². The van der Waals surface area contributed by atoms with E-state index in [2.05, 4.69) is 19.2 Å². The molecule has 0 aliphatic heterocycles. The van der Waals surface area contributed by atoms with Crippen molar-refractivity contribution >= 4 is 12.0 Å².